The molecule has 0 bridgehead atoms. The molecule has 6 heteroatoms. The first kappa shape index (κ1) is 18.0. The van der Waals surface area contributed by atoms with Crippen molar-refractivity contribution >= 4 is 15.7 Å². The van der Waals surface area contributed by atoms with Gasteiger partial charge in [0.05, 0.1) is 4.90 Å². The predicted molar refractivity (Wildman–Crippen MR) is 103 cm³/mol. The lowest BCUT2D eigenvalue weighted by Crippen LogP contribution is -2.25. The van der Waals surface area contributed by atoms with Crippen molar-refractivity contribution in [3.63, 3.8) is 0 Å². The minimum Gasteiger partial charge on any atom is -0.457 e. The average molecular weight is 368 g/mol. The molecule has 3 aromatic carbocycles. The molecule has 0 aliphatic carbocycles. The Morgan fingerprint density at radius 3 is 2.08 bits per heavy atom. The van der Waals surface area contributed by atoms with E-state index in [0.717, 1.165) is 17.1 Å². The number of ether oxygens (including phenoxy) is 1. The molecule has 3 aromatic rings. The Morgan fingerprint density at radius 2 is 1.42 bits per heavy atom. The molecule has 3 rings (SSSR count). The first-order chi connectivity index (χ1) is 12.5. The molecule has 0 radical (unpaired) electrons. The van der Waals surface area contributed by atoms with Gasteiger partial charge in [0.25, 0.3) is 0 Å². The van der Waals surface area contributed by atoms with Crippen LogP contribution in [-0.4, -0.2) is 15.0 Å². The van der Waals surface area contributed by atoms with Gasteiger partial charge in [0.1, 0.15) is 11.5 Å². The molecule has 134 valence electrons. The average Bonchev–Trinajstić information content (AvgIpc) is 2.64. The van der Waals surface area contributed by atoms with Gasteiger partial charge in [-0.3, -0.25) is 0 Å². The Bertz CT molecular complexity index is 939. The van der Waals surface area contributed by atoms with E-state index < -0.39 is 10.0 Å². The summed E-state index contributed by atoms with van der Waals surface area (Å²) >= 11 is 0. The molecule has 0 fully saturated rings. The van der Waals surface area contributed by atoms with Crippen LogP contribution in [0.1, 0.15) is 5.56 Å². The van der Waals surface area contributed by atoms with Crippen LogP contribution in [0.25, 0.3) is 0 Å². The summed E-state index contributed by atoms with van der Waals surface area (Å²) in [5, 5.41) is 0. The van der Waals surface area contributed by atoms with Crippen molar-refractivity contribution in [1.82, 2.24) is 4.72 Å². The van der Waals surface area contributed by atoms with E-state index in [0.29, 0.717) is 18.7 Å². The van der Waals surface area contributed by atoms with Crippen LogP contribution in [0.4, 0.5) is 5.69 Å². The van der Waals surface area contributed by atoms with Gasteiger partial charge in [-0.2, -0.15) is 0 Å². The third-order valence-electron chi connectivity index (χ3n) is 3.80. The van der Waals surface area contributed by atoms with E-state index >= 15 is 0 Å². The number of para-hydroxylation sites is 1. The summed E-state index contributed by atoms with van der Waals surface area (Å²) in [7, 11) is -3.53. The number of hydrogen-bond acceptors (Lipinski definition) is 4. The second-order valence-corrected chi connectivity index (χ2v) is 7.54. The van der Waals surface area contributed by atoms with Crippen molar-refractivity contribution in [2.45, 2.75) is 11.3 Å². The van der Waals surface area contributed by atoms with Crippen molar-refractivity contribution in [2.75, 3.05) is 12.3 Å². The molecule has 0 saturated heterocycles. The quantitative estimate of drug-likeness (QED) is 0.625. The van der Waals surface area contributed by atoms with Crippen molar-refractivity contribution in [2.24, 2.45) is 0 Å². The molecule has 0 aliphatic heterocycles. The van der Waals surface area contributed by atoms with Crippen LogP contribution in [0.5, 0.6) is 11.5 Å². The normalized spacial score (nSPS) is 11.2. The number of anilines is 1. The lowest BCUT2D eigenvalue weighted by atomic mass is 10.1. The number of nitrogen functional groups attached to an aromatic ring is 1. The van der Waals surface area contributed by atoms with Gasteiger partial charge in [0.15, 0.2) is 0 Å². The summed E-state index contributed by atoms with van der Waals surface area (Å²) in [5.41, 5.74) is 7.13. The summed E-state index contributed by atoms with van der Waals surface area (Å²) in [6.07, 6.45) is 0.583. The summed E-state index contributed by atoms with van der Waals surface area (Å²) < 4.78 is 32.8. The highest BCUT2D eigenvalue weighted by molar-refractivity contribution is 7.89. The lowest BCUT2D eigenvalue weighted by molar-refractivity contribution is 0.482. The van der Waals surface area contributed by atoms with E-state index in [9.17, 15) is 8.42 Å². The Morgan fingerprint density at radius 1 is 0.808 bits per heavy atom. The van der Waals surface area contributed by atoms with Gasteiger partial charge in [0, 0.05) is 12.2 Å². The first-order valence-corrected chi connectivity index (χ1v) is 9.68. The fourth-order valence-corrected chi connectivity index (χ4v) is 3.44. The van der Waals surface area contributed by atoms with Gasteiger partial charge in [-0.25, -0.2) is 13.1 Å². The maximum atomic E-state index is 12.2. The third kappa shape index (κ3) is 4.84. The standard InChI is InChI=1S/C20H20N2O3S/c21-17-8-12-20(13-9-17)26(23,24)22-15-14-16-6-10-19(11-7-16)25-18-4-2-1-3-5-18/h1-13,22H,14-15,21H2. The maximum Gasteiger partial charge on any atom is 0.240 e. The molecule has 5 nitrogen and oxygen atoms in total. The summed E-state index contributed by atoms with van der Waals surface area (Å²) in [4.78, 5) is 0.207. The first-order valence-electron chi connectivity index (χ1n) is 8.20. The zero-order valence-electron chi connectivity index (χ0n) is 14.1. The molecule has 0 spiro atoms. The topological polar surface area (TPSA) is 81.4 Å². The Balaban J connectivity index is 1.54. The lowest BCUT2D eigenvalue weighted by Gasteiger charge is -2.08. The molecule has 26 heavy (non-hydrogen) atoms. The maximum absolute atomic E-state index is 12.2. The van der Waals surface area contributed by atoms with Crippen LogP contribution in [-0.2, 0) is 16.4 Å². The minimum atomic E-state index is -3.53. The molecule has 3 N–H and O–H groups in total. The van der Waals surface area contributed by atoms with Gasteiger partial charge in [-0.15, -0.1) is 0 Å². The highest BCUT2D eigenvalue weighted by Crippen LogP contribution is 2.21. The van der Waals surface area contributed by atoms with Gasteiger partial charge >= 0.3 is 0 Å². The summed E-state index contributed by atoms with van der Waals surface area (Å²) in [5.74, 6) is 1.51. The fraction of sp³-hybridized carbons (Fsp3) is 0.100. The van der Waals surface area contributed by atoms with E-state index in [1.807, 2.05) is 54.6 Å². The SMILES string of the molecule is Nc1ccc(S(=O)(=O)NCCc2ccc(Oc3ccccc3)cc2)cc1. The second kappa shape index (κ2) is 8.03. The molecular weight excluding hydrogens is 348 g/mol. The molecule has 0 saturated carbocycles. The zero-order valence-corrected chi connectivity index (χ0v) is 14.9. The monoisotopic (exact) mass is 368 g/mol. The van der Waals surface area contributed by atoms with Crippen LogP contribution >= 0.6 is 0 Å². The van der Waals surface area contributed by atoms with Crippen molar-refractivity contribution < 1.29 is 13.2 Å². The van der Waals surface area contributed by atoms with E-state index in [-0.39, 0.29) is 4.90 Å². The predicted octanol–water partition coefficient (Wildman–Crippen LogP) is 3.58. The number of nitrogens with one attached hydrogen (secondary N) is 1. The highest BCUT2D eigenvalue weighted by Gasteiger charge is 2.12. The Hall–Kier alpha value is -2.83. The Labute approximate surface area is 153 Å². The zero-order chi connectivity index (χ0) is 18.4. The van der Waals surface area contributed by atoms with Crippen LogP contribution in [0.2, 0.25) is 0 Å². The van der Waals surface area contributed by atoms with E-state index in [4.69, 9.17) is 10.5 Å². The third-order valence-corrected chi connectivity index (χ3v) is 5.28. The van der Waals surface area contributed by atoms with Crippen LogP contribution in [0.3, 0.4) is 0 Å². The van der Waals surface area contributed by atoms with E-state index in [1.54, 1.807) is 12.1 Å². The van der Waals surface area contributed by atoms with E-state index in [2.05, 4.69) is 4.72 Å². The number of nitrogens with two attached hydrogens (primary N) is 1. The van der Waals surface area contributed by atoms with Gasteiger partial charge in [-0.05, 0) is 60.5 Å². The number of rotatable bonds is 7. The van der Waals surface area contributed by atoms with Crippen LogP contribution in [0.15, 0.2) is 83.8 Å². The molecule has 0 aliphatic rings. The van der Waals surface area contributed by atoms with Crippen LogP contribution < -0.4 is 15.2 Å². The summed E-state index contributed by atoms with van der Waals surface area (Å²) in [6, 6.07) is 23.3. The fourth-order valence-electron chi connectivity index (χ4n) is 2.41. The van der Waals surface area contributed by atoms with Crippen molar-refractivity contribution in [1.29, 1.82) is 0 Å². The number of benzene rings is 3. The van der Waals surface area contributed by atoms with E-state index in [1.165, 1.54) is 12.1 Å². The van der Waals surface area contributed by atoms with Gasteiger partial charge < -0.3 is 10.5 Å². The number of sulfonamides is 1. The van der Waals surface area contributed by atoms with Crippen LogP contribution in [0, 0.1) is 0 Å². The minimum absolute atomic E-state index is 0.207. The molecule has 0 unspecified atom stereocenters. The molecule has 0 aromatic heterocycles. The summed E-state index contributed by atoms with van der Waals surface area (Å²) in [6.45, 7) is 0.311. The largest absolute Gasteiger partial charge is 0.457 e. The molecule has 0 heterocycles. The molecular formula is C20H20N2O3S. The number of hydrogen-bond donors (Lipinski definition) is 2. The van der Waals surface area contributed by atoms with Crippen molar-refractivity contribution in [3.8, 4) is 11.5 Å². The smallest absolute Gasteiger partial charge is 0.240 e. The van der Waals surface area contributed by atoms with Gasteiger partial charge in [0.2, 0.25) is 10.0 Å². The molecule has 0 amide bonds. The van der Waals surface area contributed by atoms with Crippen molar-refractivity contribution in [3.05, 3.63) is 84.4 Å². The molecule has 0 atom stereocenters. The second-order valence-electron chi connectivity index (χ2n) is 5.78. The highest BCUT2D eigenvalue weighted by atomic mass is 32.2. The Kier molecular flexibility index (Phi) is 5.55. The van der Waals surface area contributed by atoms with Gasteiger partial charge in [-0.1, -0.05) is 30.3 Å².